The van der Waals surface area contributed by atoms with E-state index in [1.807, 2.05) is 6.92 Å². The molecule has 0 radical (unpaired) electrons. The van der Waals surface area contributed by atoms with Crippen molar-refractivity contribution >= 4 is 29.3 Å². The zero-order valence-electron chi connectivity index (χ0n) is 16.2. The molecule has 156 valence electrons. The molecular weight excluding hydrogens is 413 g/mol. The van der Waals surface area contributed by atoms with Crippen LogP contribution in [0.4, 0.5) is 10.1 Å². The summed E-state index contributed by atoms with van der Waals surface area (Å²) < 4.78 is 29.1. The second-order valence-electron chi connectivity index (χ2n) is 5.85. The second kappa shape index (κ2) is 9.88. The first-order valence-corrected chi connectivity index (χ1v) is 9.86. The first-order valence-electron chi connectivity index (χ1n) is 8.87. The minimum Gasteiger partial charge on any atom is -0.494 e. The van der Waals surface area contributed by atoms with Crippen LogP contribution in [-0.2, 0) is 9.53 Å². The number of thioether (sulfide) groups is 1. The van der Waals surface area contributed by atoms with E-state index in [2.05, 4.69) is 20.3 Å². The molecule has 0 bridgehead atoms. The fourth-order valence-corrected chi connectivity index (χ4v) is 3.00. The number of hydrogen-bond acceptors (Lipinski definition) is 8. The Balaban J connectivity index is 1.57. The molecule has 0 saturated heterocycles. The van der Waals surface area contributed by atoms with E-state index in [-0.39, 0.29) is 28.1 Å². The smallest absolute Gasteiger partial charge is 0.340 e. The van der Waals surface area contributed by atoms with Gasteiger partial charge in [0.2, 0.25) is 11.8 Å². The monoisotopic (exact) mass is 431 g/mol. The quantitative estimate of drug-likeness (QED) is 0.424. The van der Waals surface area contributed by atoms with Gasteiger partial charge in [-0.05, 0) is 49.4 Å². The van der Waals surface area contributed by atoms with Gasteiger partial charge >= 0.3 is 5.97 Å². The highest BCUT2D eigenvalue weighted by atomic mass is 32.2. The SMILES string of the molecule is CCOc1ccc(-c2nnc(SCC(=O)Nc3ccc(F)c(C(=O)OC)c3)o2)cc1. The van der Waals surface area contributed by atoms with Gasteiger partial charge in [0.25, 0.3) is 5.22 Å². The van der Waals surface area contributed by atoms with E-state index >= 15 is 0 Å². The average Bonchev–Trinajstić information content (AvgIpc) is 3.23. The molecular formula is C20H18FN3O5S. The summed E-state index contributed by atoms with van der Waals surface area (Å²) >= 11 is 1.05. The van der Waals surface area contributed by atoms with Crippen molar-refractivity contribution in [3.8, 4) is 17.2 Å². The minimum atomic E-state index is -0.828. The summed E-state index contributed by atoms with van der Waals surface area (Å²) in [5.74, 6) is -0.906. The van der Waals surface area contributed by atoms with E-state index in [0.29, 0.717) is 12.5 Å². The van der Waals surface area contributed by atoms with Crippen molar-refractivity contribution in [1.82, 2.24) is 10.2 Å². The van der Waals surface area contributed by atoms with Gasteiger partial charge < -0.3 is 19.2 Å². The summed E-state index contributed by atoms with van der Waals surface area (Å²) in [6, 6.07) is 10.8. The van der Waals surface area contributed by atoms with Gasteiger partial charge in [-0.3, -0.25) is 4.79 Å². The molecule has 1 heterocycles. The van der Waals surface area contributed by atoms with Crippen LogP contribution in [0.25, 0.3) is 11.5 Å². The number of aromatic nitrogens is 2. The number of anilines is 1. The lowest BCUT2D eigenvalue weighted by Gasteiger charge is -2.07. The molecule has 10 heteroatoms. The molecule has 0 aliphatic carbocycles. The number of amides is 1. The molecule has 2 aromatic carbocycles. The summed E-state index contributed by atoms with van der Waals surface area (Å²) in [6.45, 7) is 2.48. The van der Waals surface area contributed by atoms with E-state index in [1.54, 1.807) is 24.3 Å². The van der Waals surface area contributed by atoms with E-state index in [1.165, 1.54) is 12.1 Å². The van der Waals surface area contributed by atoms with Crippen molar-refractivity contribution in [1.29, 1.82) is 0 Å². The number of halogens is 1. The van der Waals surface area contributed by atoms with Crippen LogP contribution < -0.4 is 10.1 Å². The maximum Gasteiger partial charge on any atom is 0.340 e. The van der Waals surface area contributed by atoms with Crippen molar-refractivity contribution in [2.24, 2.45) is 0 Å². The maximum atomic E-state index is 13.7. The van der Waals surface area contributed by atoms with Gasteiger partial charge in [-0.1, -0.05) is 11.8 Å². The van der Waals surface area contributed by atoms with Crippen molar-refractivity contribution in [2.75, 3.05) is 24.8 Å². The van der Waals surface area contributed by atoms with Crippen LogP contribution in [-0.4, -0.2) is 41.5 Å². The van der Waals surface area contributed by atoms with Crippen LogP contribution in [0.3, 0.4) is 0 Å². The molecule has 0 fully saturated rings. The molecule has 8 nitrogen and oxygen atoms in total. The predicted octanol–water partition coefficient (Wildman–Crippen LogP) is 3.79. The van der Waals surface area contributed by atoms with Gasteiger partial charge in [0.1, 0.15) is 11.6 Å². The summed E-state index contributed by atoms with van der Waals surface area (Å²) in [5, 5.41) is 10.7. The van der Waals surface area contributed by atoms with Gasteiger partial charge in [0.15, 0.2) is 0 Å². The van der Waals surface area contributed by atoms with Crippen molar-refractivity contribution < 1.29 is 27.9 Å². The Morgan fingerprint density at radius 1 is 1.17 bits per heavy atom. The lowest BCUT2D eigenvalue weighted by Crippen LogP contribution is -2.15. The Labute approximate surface area is 175 Å². The third-order valence-corrected chi connectivity index (χ3v) is 4.62. The Morgan fingerprint density at radius 3 is 2.63 bits per heavy atom. The van der Waals surface area contributed by atoms with E-state index < -0.39 is 11.8 Å². The highest BCUT2D eigenvalue weighted by Gasteiger charge is 2.15. The number of esters is 1. The molecule has 0 saturated carbocycles. The van der Waals surface area contributed by atoms with Crippen molar-refractivity contribution in [3.63, 3.8) is 0 Å². The van der Waals surface area contributed by atoms with Crippen LogP contribution in [0.5, 0.6) is 5.75 Å². The number of carbonyl (C=O) groups excluding carboxylic acids is 2. The molecule has 0 atom stereocenters. The zero-order valence-corrected chi connectivity index (χ0v) is 17.0. The van der Waals surface area contributed by atoms with Gasteiger partial charge in [-0.25, -0.2) is 9.18 Å². The number of ether oxygens (including phenoxy) is 2. The molecule has 1 aromatic heterocycles. The minimum absolute atomic E-state index is 0.0180. The van der Waals surface area contributed by atoms with Gasteiger partial charge in [0, 0.05) is 11.3 Å². The van der Waals surface area contributed by atoms with E-state index in [9.17, 15) is 14.0 Å². The second-order valence-corrected chi connectivity index (χ2v) is 6.78. The number of hydrogen-bond donors (Lipinski definition) is 1. The number of rotatable bonds is 8. The van der Waals surface area contributed by atoms with E-state index in [4.69, 9.17) is 9.15 Å². The highest BCUT2D eigenvalue weighted by molar-refractivity contribution is 7.99. The van der Waals surface area contributed by atoms with Crippen LogP contribution >= 0.6 is 11.8 Å². The fourth-order valence-electron chi connectivity index (χ4n) is 2.44. The number of nitrogens with one attached hydrogen (secondary N) is 1. The van der Waals surface area contributed by atoms with Gasteiger partial charge in [-0.2, -0.15) is 0 Å². The molecule has 30 heavy (non-hydrogen) atoms. The molecule has 1 amide bonds. The Bertz CT molecular complexity index is 1040. The standard InChI is InChI=1S/C20H18FN3O5S/c1-3-28-14-7-4-12(5-8-14)18-23-24-20(29-18)30-11-17(25)22-13-6-9-16(21)15(10-13)19(26)27-2/h4-10H,3,11H2,1-2H3,(H,22,25). The predicted molar refractivity (Wildman–Crippen MR) is 108 cm³/mol. The molecule has 0 spiro atoms. The first kappa shape index (κ1) is 21.3. The molecule has 0 aliphatic rings. The Hall–Kier alpha value is -3.40. The van der Waals surface area contributed by atoms with Crippen LogP contribution in [0.15, 0.2) is 52.1 Å². The van der Waals surface area contributed by atoms with Gasteiger partial charge in [-0.15, -0.1) is 10.2 Å². The maximum absolute atomic E-state index is 13.7. The first-order chi connectivity index (χ1) is 14.5. The number of nitrogens with zero attached hydrogens (tertiary/aromatic N) is 2. The summed E-state index contributed by atoms with van der Waals surface area (Å²) in [4.78, 5) is 23.7. The van der Waals surface area contributed by atoms with Crippen LogP contribution in [0, 0.1) is 5.82 Å². The largest absolute Gasteiger partial charge is 0.494 e. The van der Waals surface area contributed by atoms with Gasteiger partial charge in [0.05, 0.1) is 25.0 Å². The zero-order chi connectivity index (χ0) is 21.5. The highest BCUT2D eigenvalue weighted by Crippen LogP contribution is 2.25. The lowest BCUT2D eigenvalue weighted by atomic mass is 10.2. The Kier molecular flexibility index (Phi) is 7.02. The number of benzene rings is 2. The van der Waals surface area contributed by atoms with Crippen molar-refractivity contribution in [2.45, 2.75) is 12.1 Å². The topological polar surface area (TPSA) is 104 Å². The average molecular weight is 431 g/mol. The number of methoxy groups -OCH3 is 1. The molecule has 3 rings (SSSR count). The van der Waals surface area contributed by atoms with Crippen LogP contribution in [0.1, 0.15) is 17.3 Å². The molecule has 1 N–H and O–H groups in total. The third-order valence-electron chi connectivity index (χ3n) is 3.80. The van der Waals surface area contributed by atoms with Crippen LogP contribution in [0.2, 0.25) is 0 Å². The van der Waals surface area contributed by atoms with E-state index in [0.717, 1.165) is 36.3 Å². The normalized spacial score (nSPS) is 10.5. The summed E-state index contributed by atoms with van der Waals surface area (Å²) in [6.07, 6.45) is 0. The summed E-state index contributed by atoms with van der Waals surface area (Å²) in [7, 11) is 1.15. The molecule has 0 unspecified atom stereocenters. The molecule has 3 aromatic rings. The Morgan fingerprint density at radius 2 is 1.93 bits per heavy atom. The fraction of sp³-hybridized carbons (Fsp3) is 0.200. The lowest BCUT2D eigenvalue weighted by molar-refractivity contribution is -0.113. The number of carbonyl (C=O) groups is 2. The third kappa shape index (κ3) is 5.35. The summed E-state index contributed by atoms with van der Waals surface area (Å²) in [5.41, 5.74) is 0.728. The molecule has 0 aliphatic heterocycles. The van der Waals surface area contributed by atoms with Crippen molar-refractivity contribution in [3.05, 3.63) is 53.8 Å².